The highest BCUT2D eigenvalue weighted by molar-refractivity contribution is 6.02. The summed E-state index contributed by atoms with van der Waals surface area (Å²) in [4.78, 5) is 21.1. The highest BCUT2D eigenvalue weighted by Gasteiger charge is 2.16. The quantitative estimate of drug-likeness (QED) is 0.586. The average Bonchev–Trinajstić information content (AvgIpc) is 3.34. The number of hydrogen-bond donors (Lipinski definition) is 1. The number of nitrogens with zero attached hydrogens (tertiary/aromatic N) is 3. The van der Waals surface area contributed by atoms with Gasteiger partial charge in [-0.3, -0.25) is 9.78 Å². The molecule has 0 aliphatic heterocycles. The number of aryl methyl sites for hydroxylation is 1. The Bertz CT molecular complexity index is 1090. The van der Waals surface area contributed by atoms with Gasteiger partial charge >= 0.3 is 0 Å². The predicted molar refractivity (Wildman–Crippen MR) is 94.3 cm³/mol. The van der Waals surface area contributed by atoms with E-state index in [0.717, 1.165) is 0 Å². The molecule has 0 bridgehead atoms. The van der Waals surface area contributed by atoms with E-state index in [1.807, 2.05) is 0 Å². The first-order valence-corrected chi connectivity index (χ1v) is 8.00. The minimum Gasteiger partial charge on any atom is -0.472 e. The third kappa shape index (κ3) is 3.45. The van der Waals surface area contributed by atoms with Crippen LogP contribution in [0, 0.1) is 12.7 Å². The number of carbonyl (C=O) groups excluding carboxylic acids is 1. The molecule has 1 amide bonds. The van der Waals surface area contributed by atoms with E-state index in [0.29, 0.717) is 28.3 Å². The monoisotopic (exact) mass is 364 g/mol. The van der Waals surface area contributed by atoms with Gasteiger partial charge in [-0.25, -0.2) is 9.37 Å². The fraction of sp³-hybridized carbons (Fsp3) is 0.0526. The van der Waals surface area contributed by atoms with Crippen molar-refractivity contribution in [3.63, 3.8) is 0 Å². The van der Waals surface area contributed by atoms with Crippen molar-refractivity contribution in [2.24, 2.45) is 0 Å². The summed E-state index contributed by atoms with van der Waals surface area (Å²) in [6.45, 7) is 1.69. The lowest BCUT2D eigenvalue weighted by Crippen LogP contribution is -2.14. The Balaban J connectivity index is 1.72. The number of carbonyl (C=O) groups is 1. The van der Waals surface area contributed by atoms with Crippen LogP contribution in [0.2, 0.25) is 0 Å². The third-order valence-electron chi connectivity index (χ3n) is 3.79. The number of halogens is 1. The standard InChI is InChI=1S/C19H13FN4O3/c1-11-8-15(24-27-11)19(25)23-16-9-21-17(12-2-4-14(20)5-3-12)18(22-16)13-6-7-26-10-13/h2-10H,1H3,(H,22,23,25). The molecule has 0 fully saturated rings. The van der Waals surface area contributed by atoms with Gasteiger partial charge in [0, 0.05) is 17.2 Å². The number of furan rings is 1. The highest BCUT2D eigenvalue weighted by atomic mass is 19.1. The van der Waals surface area contributed by atoms with Crippen molar-refractivity contribution >= 4 is 11.7 Å². The molecule has 0 unspecified atom stereocenters. The van der Waals surface area contributed by atoms with E-state index in [-0.39, 0.29) is 17.3 Å². The van der Waals surface area contributed by atoms with Gasteiger partial charge in [-0.05, 0) is 37.3 Å². The first-order valence-electron chi connectivity index (χ1n) is 8.00. The van der Waals surface area contributed by atoms with Crippen LogP contribution in [0.1, 0.15) is 16.2 Å². The topological polar surface area (TPSA) is 94.1 Å². The zero-order valence-corrected chi connectivity index (χ0v) is 14.1. The van der Waals surface area contributed by atoms with Crippen molar-refractivity contribution in [2.45, 2.75) is 6.92 Å². The number of amides is 1. The number of benzene rings is 1. The Morgan fingerprint density at radius 1 is 1.11 bits per heavy atom. The second-order valence-electron chi connectivity index (χ2n) is 5.75. The molecule has 1 aromatic carbocycles. The van der Waals surface area contributed by atoms with Crippen LogP contribution in [0.25, 0.3) is 22.5 Å². The molecule has 27 heavy (non-hydrogen) atoms. The molecular formula is C19H13FN4O3. The second kappa shape index (κ2) is 6.83. The van der Waals surface area contributed by atoms with Crippen LogP contribution in [-0.4, -0.2) is 21.0 Å². The minimum atomic E-state index is -0.464. The SMILES string of the molecule is Cc1cc(C(=O)Nc2cnc(-c3ccc(F)cc3)c(-c3ccoc3)n2)no1. The van der Waals surface area contributed by atoms with Crippen LogP contribution in [0.5, 0.6) is 0 Å². The van der Waals surface area contributed by atoms with Crippen LogP contribution < -0.4 is 5.32 Å². The normalized spacial score (nSPS) is 10.7. The highest BCUT2D eigenvalue weighted by Crippen LogP contribution is 2.30. The van der Waals surface area contributed by atoms with Crippen LogP contribution in [0.3, 0.4) is 0 Å². The molecule has 0 atom stereocenters. The van der Waals surface area contributed by atoms with Gasteiger partial charge in [0.25, 0.3) is 5.91 Å². The lowest BCUT2D eigenvalue weighted by molar-refractivity contribution is 0.101. The van der Waals surface area contributed by atoms with Crippen molar-refractivity contribution in [3.8, 4) is 22.5 Å². The van der Waals surface area contributed by atoms with Gasteiger partial charge in [0.05, 0.1) is 24.4 Å². The van der Waals surface area contributed by atoms with E-state index >= 15 is 0 Å². The smallest absolute Gasteiger partial charge is 0.279 e. The van der Waals surface area contributed by atoms with Crippen LogP contribution >= 0.6 is 0 Å². The number of nitrogens with one attached hydrogen (secondary N) is 1. The number of aromatic nitrogens is 3. The Hall–Kier alpha value is -3.81. The van der Waals surface area contributed by atoms with E-state index in [1.54, 1.807) is 25.1 Å². The molecule has 3 aromatic heterocycles. The summed E-state index contributed by atoms with van der Waals surface area (Å²) in [6, 6.07) is 9.16. The van der Waals surface area contributed by atoms with Gasteiger partial charge in [-0.15, -0.1) is 0 Å². The van der Waals surface area contributed by atoms with Crippen molar-refractivity contribution in [2.75, 3.05) is 5.32 Å². The molecule has 7 nitrogen and oxygen atoms in total. The Labute approximate surface area is 152 Å². The Morgan fingerprint density at radius 2 is 1.93 bits per heavy atom. The van der Waals surface area contributed by atoms with Crippen molar-refractivity contribution in [1.82, 2.24) is 15.1 Å². The van der Waals surface area contributed by atoms with Gasteiger partial charge in [-0.2, -0.15) is 0 Å². The fourth-order valence-electron chi connectivity index (χ4n) is 2.52. The molecule has 134 valence electrons. The lowest BCUT2D eigenvalue weighted by Gasteiger charge is -2.09. The van der Waals surface area contributed by atoms with E-state index in [2.05, 4.69) is 20.4 Å². The van der Waals surface area contributed by atoms with E-state index in [4.69, 9.17) is 8.94 Å². The van der Waals surface area contributed by atoms with Crippen LogP contribution in [0.4, 0.5) is 10.2 Å². The molecule has 4 aromatic rings. The van der Waals surface area contributed by atoms with Gasteiger partial charge in [-0.1, -0.05) is 5.16 Å². The zero-order chi connectivity index (χ0) is 18.8. The van der Waals surface area contributed by atoms with Gasteiger partial charge < -0.3 is 14.3 Å². The first kappa shape index (κ1) is 16.6. The number of rotatable bonds is 4. The summed E-state index contributed by atoms with van der Waals surface area (Å²) >= 11 is 0. The Kier molecular flexibility index (Phi) is 4.21. The summed E-state index contributed by atoms with van der Waals surface area (Å²) in [5.74, 6) is -0.0446. The Morgan fingerprint density at radius 3 is 2.59 bits per heavy atom. The molecule has 1 N–H and O–H groups in total. The maximum absolute atomic E-state index is 13.2. The van der Waals surface area contributed by atoms with E-state index in [1.165, 1.54) is 36.9 Å². The van der Waals surface area contributed by atoms with E-state index in [9.17, 15) is 9.18 Å². The average molecular weight is 364 g/mol. The van der Waals surface area contributed by atoms with E-state index < -0.39 is 5.91 Å². The molecule has 4 rings (SSSR count). The molecule has 0 spiro atoms. The van der Waals surface area contributed by atoms with Gasteiger partial charge in [0.15, 0.2) is 11.5 Å². The molecule has 0 saturated carbocycles. The first-order chi connectivity index (χ1) is 13.1. The van der Waals surface area contributed by atoms with Crippen molar-refractivity contribution in [1.29, 1.82) is 0 Å². The van der Waals surface area contributed by atoms with Crippen LogP contribution in [0.15, 0.2) is 64.1 Å². The minimum absolute atomic E-state index is 0.141. The molecule has 3 heterocycles. The molecule has 0 saturated heterocycles. The third-order valence-corrected chi connectivity index (χ3v) is 3.79. The molecular weight excluding hydrogens is 351 g/mol. The summed E-state index contributed by atoms with van der Waals surface area (Å²) in [7, 11) is 0. The number of hydrogen-bond acceptors (Lipinski definition) is 6. The summed E-state index contributed by atoms with van der Waals surface area (Å²) in [6.07, 6.45) is 4.45. The van der Waals surface area contributed by atoms with Crippen molar-refractivity contribution in [3.05, 3.63) is 72.4 Å². The molecule has 0 radical (unpaired) electrons. The number of anilines is 1. The maximum Gasteiger partial charge on any atom is 0.279 e. The molecule has 0 aliphatic carbocycles. The summed E-state index contributed by atoms with van der Waals surface area (Å²) in [5.41, 5.74) is 2.53. The largest absolute Gasteiger partial charge is 0.472 e. The predicted octanol–water partition coefficient (Wildman–Crippen LogP) is 4.09. The van der Waals surface area contributed by atoms with Gasteiger partial charge in [0.1, 0.15) is 17.3 Å². The summed E-state index contributed by atoms with van der Waals surface area (Å²) < 4.78 is 23.3. The summed E-state index contributed by atoms with van der Waals surface area (Å²) in [5, 5.41) is 6.31. The van der Waals surface area contributed by atoms with Gasteiger partial charge in [0.2, 0.25) is 0 Å². The van der Waals surface area contributed by atoms with Crippen LogP contribution in [-0.2, 0) is 0 Å². The second-order valence-corrected chi connectivity index (χ2v) is 5.75. The van der Waals surface area contributed by atoms with Crippen molar-refractivity contribution < 1.29 is 18.1 Å². The zero-order valence-electron chi connectivity index (χ0n) is 14.1. The molecule has 0 aliphatic rings. The maximum atomic E-state index is 13.2. The fourth-order valence-corrected chi connectivity index (χ4v) is 2.52. The molecule has 8 heteroatoms. The lowest BCUT2D eigenvalue weighted by atomic mass is 10.1.